The average Bonchev–Trinajstić information content (AvgIpc) is 2.78. The Morgan fingerprint density at radius 2 is 1.62 bits per heavy atom. The van der Waals surface area contributed by atoms with Crippen LogP contribution in [0.15, 0.2) is 17.0 Å². The van der Waals surface area contributed by atoms with Crippen molar-refractivity contribution in [1.29, 1.82) is 0 Å². The molecule has 118 valence electrons. The minimum atomic E-state index is -4.19. The summed E-state index contributed by atoms with van der Waals surface area (Å²) in [7, 11) is -1.58. The van der Waals surface area contributed by atoms with E-state index in [1.165, 1.54) is 14.2 Å². The summed E-state index contributed by atoms with van der Waals surface area (Å²) in [5.74, 6) is -0.864. The van der Waals surface area contributed by atoms with Gasteiger partial charge in [-0.05, 0) is 0 Å². The summed E-state index contributed by atoms with van der Waals surface area (Å²) >= 11 is 0. The molecule has 1 aromatic carbocycles. The highest BCUT2D eigenvalue weighted by atomic mass is 32.2. The Labute approximate surface area is 121 Å². The summed E-state index contributed by atoms with van der Waals surface area (Å²) in [5.41, 5.74) is 0. The van der Waals surface area contributed by atoms with Crippen molar-refractivity contribution < 1.29 is 32.5 Å². The first-order valence-corrected chi connectivity index (χ1v) is 7.53. The molecule has 0 amide bonds. The molecule has 0 aliphatic carbocycles. The summed E-state index contributed by atoms with van der Waals surface area (Å²) in [5, 5.41) is 18.9. The third-order valence-electron chi connectivity index (χ3n) is 3.28. The minimum absolute atomic E-state index is 0.0652. The van der Waals surface area contributed by atoms with Crippen LogP contribution in [0.1, 0.15) is 0 Å². The Hall–Kier alpha value is -1.42. The number of rotatable bonds is 4. The van der Waals surface area contributed by atoms with Gasteiger partial charge in [0.05, 0.1) is 26.4 Å². The Bertz CT molecular complexity index is 625. The Morgan fingerprint density at radius 1 is 1.14 bits per heavy atom. The van der Waals surface area contributed by atoms with Crippen LogP contribution in [0.2, 0.25) is 0 Å². The van der Waals surface area contributed by atoms with Crippen molar-refractivity contribution in [1.82, 2.24) is 4.31 Å². The number of hydrogen-bond donors (Lipinski definition) is 2. The molecule has 0 bridgehead atoms. The second-order valence-electron chi connectivity index (χ2n) is 4.59. The molecular formula is C12H16FNO6S. The van der Waals surface area contributed by atoms with Crippen LogP contribution < -0.4 is 9.47 Å². The molecule has 0 aromatic heterocycles. The van der Waals surface area contributed by atoms with Gasteiger partial charge in [-0.3, -0.25) is 0 Å². The van der Waals surface area contributed by atoms with E-state index in [0.717, 1.165) is 16.4 Å². The molecule has 1 fully saturated rings. The second-order valence-corrected chi connectivity index (χ2v) is 6.50. The molecule has 9 heteroatoms. The summed E-state index contributed by atoms with van der Waals surface area (Å²) in [6.07, 6.45) is -2.38. The van der Waals surface area contributed by atoms with Gasteiger partial charge in [-0.25, -0.2) is 12.8 Å². The molecule has 1 heterocycles. The number of aliphatic hydroxyl groups excluding tert-OH is 2. The number of β-amino-alcohol motifs (C(OH)–C–C–N with tert-alkyl or cyclic N) is 2. The third kappa shape index (κ3) is 2.82. The van der Waals surface area contributed by atoms with Crippen LogP contribution in [0.3, 0.4) is 0 Å². The van der Waals surface area contributed by atoms with E-state index in [0.29, 0.717) is 0 Å². The first-order valence-electron chi connectivity index (χ1n) is 6.09. The lowest BCUT2D eigenvalue weighted by Gasteiger charge is -2.17. The normalized spacial score (nSPS) is 23.3. The highest BCUT2D eigenvalue weighted by Gasteiger charge is 2.39. The Balaban J connectivity index is 2.45. The van der Waals surface area contributed by atoms with Gasteiger partial charge in [-0.2, -0.15) is 4.31 Å². The first-order chi connectivity index (χ1) is 9.81. The Kier molecular flexibility index (Phi) is 4.38. The summed E-state index contributed by atoms with van der Waals surface area (Å²) in [4.78, 5) is -0.596. The van der Waals surface area contributed by atoms with E-state index in [1.807, 2.05) is 0 Å². The van der Waals surface area contributed by atoms with Gasteiger partial charge in [0.25, 0.3) is 0 Å². The predicted octanol–water partition coefficient (Wildman–Crippen LogP) is -0.431. The topological polar surface area (TPSA) is 96.3 Å². The van der Waals surface area contributed by atoms with E-state index >= 15 is 0 Å². The maximum atomic E-state index is 14.0. The molecule has 2 unspecified atom stereocenters. The SMILES string of the molecule is COc1cc(F)c(S(=O)(=O)N2CC(O)C(O)C2)cc1OC. The molecule has 21 heavy (non-hydrogen) atoms. The molecule has 0 radical (unpaired) electrons. The van der Waals surface area contributed by atoms with Crippen LogP contribution in [0.5, 0.6) is 11.5 Å². The number of hydrogen-bond acceptors (Lipinski definition) is 6. The third-order valence-corrected chi connectivity index (χ3v) is 5.13. The van der Waals surface area contributed by atoms with Crippen molar-refractivity contribution in [2.45, 2.75) is 17.1 Å². The van der Waals surface area contributed by atoms with E-state index in [-0.39, 0.29) is 24.6 Å². The predicted molar refractivity (Wildman–Crippen MR) is 70.3 cm³/mol. The van der Waals surface area contributed by atoms with Gasteiger partial charge < -0.3 is 19.7 Å². The van der Waals surface area contributed by atoms with Crippen LogP contribution in [-0.2, 0) is 10.0 Å². The molecule has 1 aliphatic rings. The molecule has 0 spiro atoms. The van der Waals surface area contributed by atoms with Crippen molar-refractivity contribution in [2.75, 3.05) is 27.3 Å². The zero-order chi connectivity index (χ0) is 15.8. The minimum Gasteiger partial charge on any atom is -0.493 e. The monoisotopic (exact) mass is 321 g/mol. The summed E-state index contributed by atoms with van der Waals surface area (Å²) in [6, 6.07) is 1.93. The van der Waals surface area contributed by atoms with Gasteiger partial charge in [0.15, 0.2) is 11.5 Å². The van der Waals surface area contributed by atoms with Crippen LogP contribution in [0.25, 0.3) is 0 Å². The molecule has 1 aromatic rings. The van der Waals surface area contributed by atoms with Gasteiger partial charge in [-0.15, -0.1) is 0 Å². The number of ether oxygens (including phenoxy) is 2. The standard InChI is InChI=1S/C12H16FNO6S/c1-19-10-3-7(13)12(4-11(10)20-2)21(17,18)14-5-8(15)9(16)6-14/h3-4,8-9,15-16H,5-6H2,1-2H3. The molecule has 1 saturated heterocycles. The molecular weight excluding hydrogens is 305 g/mol. The zero-order valence-corrected chi connectivity index (χ0v) is 12.3. The number of halogens is 1. The number of nitrogens with zero attached hydrogens (tertiary/aromatic N) is 1. The summed E-state index contributed by atoms with van der Waals surface area (Å²) < 4.78 is 49.5. The van der Waals surface area contributed by atoms with Crippen LogP contribution in [0, 0.1) is 5.82 Å². The quantitative estimate of drug-likeness (QED) is 0.781. The number of aliphatic hydroxyl groups is 2. The largest absolute Gasteiger partial charge is 0.493 e. The molecule has 1 aliphatic heterocycles. The second kappa shape index (κ2) is 5.76. The van der Waals surface area contributed by atoms with Crippen LogP contribution in [0.4, 0.5) is 4.39 Å². The first kappa shape index (κ1) is 16.0. The van der Waals surface area contributed by atoms with Gasteiger partial charge >= 0.3 is 0 Å². The molecule has 2 N–H and O–H groups in total. The van der Waals surface area contributed by atoms with E-state index < -0.39 is 32.9 Å². The van der Waals surface area contributed by atoms with Crippen molar-refractivity contribution in [3.05, 3.63) is 17.9 Å². The van der Waals surface area contributed by atoms with E-state index in [4.69, 9.17) is 9.47 Å². The lowest BCUT2D eigenvalue weighted by Crippen LogP contribution is -2.30. The van der Waals surface area contributed by atoms with Crippen molar-refractivity contribution >= 4 is 10.0 Å². The zero-order valence-electron chi connectivity index (χ0n) is 11.5. The highest BCUT2D eigenvalue weighted by Crippen LogP contribution is 2.33. The number of sulfonamides is 1. The molecule has 7 nitrogen and oxygen atoms in total. The fraction of sp³-hybridized carbons (Fsp3) is 0.500. The number of benzene rings is 1. The maximum absolute atomic E-state index is 14.0. The lowest BCUT2D eigenvalue weighted by molar-refractivity contribution is 0.0572. The van der Waals surface area contributed by atoms with E-state index in [1.54, 1.807) is 0 Å². The van der Waals surface area contributed by atoms with Gasteiger partial charge in [0.1, 0.15) is 10.7 Å². The number of methoxy groups -OCH3 is 2. The molecule has 2 rings (SSSR count). The Morgan fingerprint density at radius 3 is 2.10 bits per heavy atom. The molecule has 2 atom stereocenters. The van der Waals surface area contributed by atoms with Gasteiger partial charge in [0, 0.05) is 25.2 Å². The van der Waals surface area contributed by atoms with Crippen LogP contribution >= 0.6 is 0 Å². The van der Waals surface area contributed by atoms with Crippen molar-refractivity contribution in [2.24, 2.45) is 0 Å². The average molecular weight is 321 g/mol. The highest BCUT2D eigenvalue weighted by molar-refractivity contribution is 7.89. The maximum Gasteiger partial charge on any atom is 0.246 e. The van der Waals surface area contributed by atoms with E-state index in [2.05, 4.69) is 0 Å². The lowest BCUT2D eigenvalue weighted by atomic mass is 10.3. The van der Waals surface area contributed by atoms with Gasteiger partial charge in [-0.1, -0.05) is 0 Å². The van der Waals surface area contributed by atoms with Crippen molar-refractivity contribution in [3.63, 3.8) is 0 Å². The fourth-order valence-corrected chi connectivity index (χ4v) is 3.64. The van der Waals surface area contributed by atoms with Crippen LogP contribution in [-0.4, -0.2) is 62.5 Å². The molecule has 0 saturated carbocycles. The van der Waals surface area contributed by atoms with E-state index in [9.17, 15) is 23.0 Å². The summed E-state index contributed by atoms with van der Waals surface area (Å²) in [6.45, 7) is -0.589. The smallest absolute Gasteiger partial charge is 0.246 e. The fourth-order valence-electron chi connectivity index (χ4n) is 2.10. The van der Waals surface area contributed by atoms with Crippen molar-refractivity contribution in [3.8, 4) is 11.5 Å². The van der Waals surface area contributed by atoms with Gasteiger partial charge in [0.2, 0.25) is 10.0 Å².